The standard InChI is InChI=1S/C15H21BrN2O2/c16-11-9-14(18(10-11)12-5-6-12)15(19)17-7-8-20-13-3-1-2-4-13/h9-10,12-13H,1-8H2,(H,17,19). The molecule has 2 fully saturated rings. The van der Waals surface area contributed by atoms with Gasteiger partial charge in [0.1, 0.15) is 5.69 Å². The zero-order valence-electron chi connectivity index (χ0n) is 11.6. The molecule has 1 aromatic rings. The van der Waals surface area contributed by atoms with Gasteiger partial charge in [-0.25, -0.2) is 0 Å². The number of nitrogens with zero attached hydrogens (tertiary/aromatic N) is 1. The average Bonchev–Trinajstić information content (AvgIpc) is 3.00. The molecule has 0 saturated heterocycles. The minimum absolute atomic E-state index is 0.00220. The van der Waals surface area contributed by atoms with Gasteiger partial charge in [0.25, 0.3) is 5.91 Å². The van der Waals surface area contributed by atoms with Crippen molar-refractivity contribution in [2.45, 2.75) is 50.7 Å². The lowest BCUT2D eigenvalue weighted by Gasteiger charge is -2.12. The van der Waals surface area contributed by atoms with Gasteiger partial charge in [0.2, 0.25) is 0 Å². The molecule has 2 aliphatic carbocycles. The Morgan fingerprint density at radius 2 is 2.10 bits per heavy atom. The van der Waals surface area contributed by atoms with Crippen LogP contribution in [0, 0.1) is 0 Å². The van der Waals surface area contributed by atoms with Crippen LogP contribution in [0.25, 0.3) is 0 Å². The fraction of sp³-hybridized carbons (Fsp3) is 0.667. The molecule has 4 nitrogen and oxygen atoms in total. The summed E-state index contributed by atoms with van der Waals surface area (Å²) in [7, 11) is 0. The number of aromatic nitrogens is 1. The summed E-state index contributed by atoms with van der Waals surface area (Å²) in [6.45, 7) is 1.20. The fourth-order valence-electron chi connectivity index (χ4n) is 2.82. The molecule has 3 rings (SSSR count). The summed E-state index contributed by atoms with van der Waals surface area (Å²) in [4.78, 5) is 12.2. The van der Waals surface area contributed by atoms with E-state index in [0.29, 0.717) is 25.3 Å². The zero-order chi connectivity index (χ0) is 13.9. The van der Waals surface area contributed by atoms with E-state index in [9.17, 15) is 4.79 Å². The zero-order valence-corrected chi connectivity index (χ0v) is 13.2. The largest absolute Gasteiger partial charge is 0.376 e. The second-order valence-corrected chi connectivity index (χ2v) is 6.63. The number of carbonyl (C=O) groups excluding carboxylic acids is 1. The van der Waals surface area contributed by atoms with Crippen LogP contribution in [0.4, 0.5) is 0 Å². The lowest BCUT2D eigenvalue weighted by molar-refractivity contribution is 0.0580. The first kappa shape index (κ1) is 14.1. The minimum atomic E-state index is -0.00220. The first-order valence-corrected chi connectivity index (χ1v) is 8.30. The molecular formula is C15H21BrN2O2. The molecule has 1 aromatic heterocycles. The predicted molar refractivity (Wildman–Crippen MR) is 80.9 cm³/mol. The molecule has 110 valence electrons. The van der Waals surface area contributed by atoms with Gasteiger partial charge in [-0.1, -0.05) is 12.8 Å². The smallest absolute Gasteiger partial charge is 0.268 e. The van der Waals surface area contributed by atoms with E-state index in [1.54, 1.807) is 0 Å². The highest BCUT2D eigenvalue weighted by molar-refractivity contribution is 9.10. The van der Waals surface area contributed by atoms with E-state index in [1.807, 2.05) is 12.3 Å². The molecule has 0 aliphatic heterocycles. The number of ether oxygens (including phenoxy) is 1. The molecule has 1 amide bonds. The van der Waals surface area contributed by atoms with Crippen molar-refractivity contribution >= 4 is 21.8 Å². The van der Waals surface area contributed by atoms with Gasteiger partial charge < -0.3 is 14.6 Å². The van der Waals surface area contributed by atoms with Gasteiger partial charge >= 0.3 is 0 Å². The first-order chi connectivity index (χ1) is 9.74. The van der Waals surface area contributed by atoms with Crippen molar-refractivity contribution in [3.05, 3.63) is 22.4 Å². The van der Waals surface area contributed by atoms with Crippen LogP contribution in [0.3, 0.4) is 0 Å². The molecule has 2 saturated carbocycles. The van der Waals surface area contributed by atoms with Gasteiger partial charge in [-0.05, 0) is 47.7 Å². The molecule has 0 unspecified atom stereocenters. The summed E-state index contributed by atoms with van der Waals surface area (Å²) >= 11 is 3.45. The molecule has 0 radical (unpaired) electrons. The average molecular weight is 341 g/mol. The van der Waals surface area contributed by atoms with E-state index in [-0.39, 0.29) is 5.91 Å². The van der Waals surface area contributed by atoms with Crippen molar-refractivity contribution in [1.29, 1.82) is 0 Å². The maximum atomic E-state index is 12.2. The molecule has 0 aromatic carbocycles. The summed E-state index contributed by atoms with van der Waals surface area (Å²) < 4.78 is 8.80. The number of hydrogen-bond donors (Lipinski definition) is 1. The predicted octanol–water partition coefficient (Wildman–Crippen LogP) is 3.27. The number of amides is 1. The number of nitrogens with one attached hydrogen (secondary N) is 1. The van der Waals surface area contributed by atoms with Crippen molar-refractivity contribution in [3.63, 3.8) is 0 Å². The lowest BCUT2D eigenvalue weighted by atomic mass is 10.3. The number of hydrogen-bond acceptors (Lipinski definition) is 2. The Morgan fingerprint density at radius 1 is 1.35 bits per heavy atom. The summed E-state index contributed by atoms with van der Waals surface area (Å²) in [6.07, 6.45) is 9.66. The normalized spacial score (nSPS) is 19.4. The van der Waals surface area contributed by atoms with Gasteiger partial charge in [0, 0.05) is 23.3 Å². The summed E-state index contributed by atoms with van der Waals surface area (Å²) in [6, 6.07) is 2.41. The van der Waals surface area contributed by atoms with Gasteiger partial charge in [-0.2, -0.15) is 0 Å². The molecule has 0 spiro atoms. The van der Waals surface area contributed by atoms with Crippen LogP contribution in [0.5, 0.6) is 0 Å². The van der Waals surface area contributed by atoms with Gasteiger partial charge in [0.15, 0.2) is 0 Å². The molecule has 5 heteroatoms. The second kappa shape index (κ2) is 6.31. The molecular weight excluding hydrogens is 320 g/mol. The summed E-state index contributed by atoms with van der Waals surface area (Å²) in [5.74, 6) is -0.00220. The van der Waals surface area contributed by atoms with Crippen LogP contribution in [-0.4, -0.2) is 29.7 Å². The molecule has 1 heterocycles. The molecule has 20 heavy (non-hydrogen) atoms. The highest BCUT2D eigenvalue weighted by atomic mass is 79.9. The number of rotatable bonds is 6. The molecule has 2 aliphatic rings. The molecule has 1 N–H and O–H groups in total. The fourth-order valence-corrected chi connectivity index (χ4v) is 3.26. The highest BCUT2D eigenvalue weighted by Crippen LogP contribution is 2.37. The van der Waals surface area contributed by atoms with E-state index >= 15 is 0 Å². The minimum Gasteiger partial charge on any atom is -0.376 e. The Bertz CT molecular complexity index is 476. The Hall–Kier alpha value is -0.810. The maximum Gasteiger partial charge on any atom is 0.268 e. The van der Waals surface area contributed by atoms with Crippen molar-refractivity contribution in [1.82, 2.24) is 9.88 Å². The van der Waals surface area contributed by atoms with Crippen LogP contribution in [0.2, 0.25) is 0 Å². The van der Waals surface area contributed by atoms with Gasteiger partial charge in [-0.15, -0.1) is 0 Å². The Morgan fingerprint density at radius 3 is 2.80 bits per heavy atom. The first-order valence-electron chi connectivity index (χ1n) is 7.51. The van der Waals surface area contributed by atoms with Crippen LogP contribution >= 0.6 is 15.9 Å². The van der Waals surface area contributed by atoms with Crippen molar-refractivity contribution in [2.24, 2.45) is 0 Å². The maximum absolute atomic E-state index is 12.2. The van der Waals surface area contributed by atoms with E-state index < -0.39 is 0 Å². The SMILES string of the molecule is O=C(NCCOC1CCCC1)c1cc(Br)cn1C1CC1. The third-order valence-corrected chi connectivity index (χ3v) is 4.47. The summed E-state index contributed by atoms with van der Waals surface area (Å²) in [5.41, 5.74) is 0.750. The Kier molecular flexibility index (Phi) is 4.46. The van der Waals surface area contributed by atoms with Crippen LogP contribution < -0.4 is 5.32 Å². The van der Waals surface area contributed by atoms with Crippen LogP contribution in [0.15, 0.2) is 16.7 Å². The van der Waals surface area contributed by atoms with E-state index in [4.69, 9.17) is 4.74 Å². The van der Waals surface area contributed by atoms with E-state index in [2.05, 4.69) is 25.8 Å². The second-order valence-electron chi connectivity index (χ2n) is 5.72. The molecule has 0 atom stereocenters. The lowest BCUT2D eigenvalue weighted by Crippen LogP contribution is -2.29. The molecule has 0 bridgehead atoms. The van der Waals surface area contributed by atoms with Crippen LogP contribution in [-0.2, 0) is 4.74 Å². The van der Waals surface area contributed by atoms with Crippen molar-refractivity contribution in [3.8, 4) is 0 Å². The highest BCUT2D eigenvalue weighted by Gasteiger charge is 2.27. The van der Waals surface area contributed by atoms with Gasteiger partial charge in [-0.3, -0.25) is 4.79 Å². The third kappa shape index (κ3) is 3.44. The van der Waals surface area contributed by atoms with Crippen LogP contribution in [0.1, 0.15) is 55.1 Å². The van der Waals surface area contributed by atoms with E-state index in [1.165, 1.54) is 38.5 Å². The van der Waals surface area contributed by atoms with Crippen molar-refractivity contribution in [2.75, 3.05) is 13.2 Å². The Labute approximate surface area is 128 Å². The third-order valence-electron chi connectivity index (χ3n) is 4.03. The Balaban J connectivity index is 1.46. The number of carbonyl (C=O) groups is 1. The topological polar surface area (TPSA) is 43.3 Å². The monoisotopic (exact) mass is 340 g/mol. The van der Waals surface area contributed by atoms with Gasteiger partial charge in [0.05, 0.1) is 12.7 Å². The van der Waals surface area contributed by atoms with Crippen molar-refractivity contribution < 1.29 is 9.53 Å². The van der Waals surface area contributed by atoms with E-state index in [0.717, 1.165) is 10.2 Å². The number of halogens is 1. The quantitative estimate of drug-likeness (QED) is 0.807. The summed E-state index contributed by atoms with van der Waals surface area (Å²) in [5, 5.41) is 2.95.